The average Bonchev–Trinajstić information content (AvgIpc) is 2.90. The molecule has 0 aliphatic rings. The van der Waals surface area contributed by atoms with Gasteiger partial charge in [0.25, 0.3) is 5.91 Å². The summed E-state index contributed by atoms with van der Waals surface area (Å²) in [5, 5.41) is 3.78. The molecule has 1 amide bonds. The lowest BCUT2D eigenvalue weighted by atomic mass is 9.95. The Hall–Kier alpha value is -1.81. The minimum Gasteiger partial charge on any atom is -0.451 e. The van der Waals surface area contributed by atoms with E-state index in [1.807, 2.05) is 24.3 Å². The summed E-state index contributed by atoms with van der Waals surface area (Å²) in [4.78, 5) is 12.1. The third-order valence-corrected chi connectivity index (χ3v) is 3.80. The Balaban J connectivity index is 1.98. The van der Waals surface area contributed by atoms with E-state index in [1.54, 1.807) is 6.07 Å². The van der Waals surface area contributed by atoms with Crippen molar-refractivity contribution in [3.8, 4) is 0 Å². The third-order valence-electron chi connectivity index (χ3n) is 3.80. The molecule has 0 fully saturated rings. The highest BCUT2D eigenvalue weighted by atomic mass is 16.3. The van der Waals surface area contributed by atoms with Crippen molar-refractivity contribution in [2.24, 2.45) is 11.7 Å². The maximum atomic E-state index is 12.1. The van der Waals surface area contributed by atoms with Gasteiger partial charge in [0.05, 0.1) is 0 Å². The van der Waals surface area contributed by atoms with E-state index in [0.717, 1.165) is 23.8 Å². The number of nitrogens with two attached hydrogens (primary N) is 1. The highest BCUT2D eigenvalue weighted by Gasteiger charge is 2.17. The second-order valence-electron chi connectivity index (χ2n) is 5.10. The number of furan rings is 1. The molecule has 4 heteroatoms. The van der Waals surface area contributed by atoms with E-state index in [0.29, 0.717) is 18.2 Å². The molecule has 3 N–H and O–H groups in total. The molecule has 1 unspecified atom stereocenters. The zero-order valence-corrected chi connectivity index (χ0v) is 12.1. The number of rotatable bonds is 6. The Labute approximate surface area is 119 Å². The number of benzene rings is 1. The molecule has 20 heavy (non-hydrogen) atoms. The Kier molecular flexibility index (Phi) is 4.79. The Morgan fingerprint density at radius 2 is 2.00 bits per heavy atom. The van der Waals surface area contributed by atoms with Crippen LogP contribution in [0.5, 0.6) is 0 Å². The molecule has 0 aliphatic heterocycles. The smallest absolute Gasteiger partial charge is 0.287 e. The summed E-state index contributed by atoms with van der Waals surface area (Å²) in [5.74, 6) is 0.566. The summed E-state index contributed by atoms with van der Waals surface area (Å²) >= 11 is 0. The molecule has 0 bridgehead atoms. The van der Waals surface area contributed by atoms with E-state index in [9.17, 15) is 4.79 Å². The van der Waals surface area contributed by atoms with Crippen molar-refractivity contribution in [2.75, 3.05) is 6.54 Å². The molecular formula is C16H22N2O2. The van der Waals surface area contributed by atoms with E-state index in [4.69, 9.17) is 10.2 Å². The molecular weight excluding hydrogens is 252 g/mol. The summed E-state index contributed by atoms with van der Waals surface area (Å²) in [6.07, 6.45) is 2.05. The molecule has 1 atom stereocenters. The van der Waals surface area contributed by atoms with Gasteiger partial charge in [-0.3, -0.25) is 4.79 Å². The van der Waals surface area contributed by atoms with E-state index in [-0.39, 0.29) is 11.9 Å². The van der Waals surface area contributed by atoms with Crippen molar-refractivity contribution >= 4 is 16.9 Å². The van der Waals surface area contributed by atoms with Crippen LogP contribution in [-0.4, -0.2) is 18.5 Å². The van der Waals surface area contributed by atoms with Gasteiger partial charge in [0.15, 0.2) is 5.76 Å². The zero-order valence-electron chi connectivity index (χ0n) is 12.1. The average molecular weight is 274 g/mol. The predicted molar refractivity (Wildman–Crippen MR) is 80.6 cm³/mol. The lowest BCUT2D eigenvalue weighted by molar-refractivity contribution is 0.0922. The van der Waals surface area contributed by atoms with Gasteiger partial charge in [-0.25, -0.2) is 0 Å². The Morgan fingerprint density at radius 1 is 1.30 bits per heavy atom. The maximum Gasteiger partial charge on any atom is 0.287 e. The van der Waals surface area contributed by atoms with Crippen LogP contribution in [0, 0.1) is 5.92 Å². The number of para-hydroxylation sites is 1. The van der Waals surface area contributed by atoms with E-state index < -0.39 is 0 Å². The van der Waals surface area contributed by atoms with Crippen LogP contribution in [0.15, 0.2) is 34.7 Å². The Morgan fingerprint density at radius 3 is 2.65 bits per heavy atom. The maximum absolute atomic E-state index is 12.1. The van der Waals surface area contributed by atoms with Crippen molar-refractivity contribution < 1.29 is 9.21 Å². The van der Waals surface area contributed by atoms with Crippen LogP contribution in [-0.2, 0) is 0 Å². The number of carbonyl (C=O) groups excluding carboxylic acids is 1. The summed E-state index contributed by atoms with van der Waals surface area (Å²) in [6.45, 7) is 4.71. The molecule has 0 aliphatic carbocycles. The van der Waals surface area contributed by atoms with Gasteiger partial charge in [0.1, 0.15) is 5.58 Å². The number of carbonyl (C=O) groups is 1. The lowest BCUT2D eigenvalue weighted by Gasteiger charge is -2.21. The summed E-state index contributed by atoms with van der Waals surface area (Å²) < 4.78 is 5.52. The molecule has 0 spiro atoms. The molecule has 0 saturated carbocycles. The fraction of sp³-hybridized carbons (Fsp3) is 0.438. The molecule has 2 rings (SSSR count). The third kappa shape index (κ3) is 3.20. The highest BCUT2D eigenvalue weighted by molar-refractivity contribution is 5.96. The van der Waals surface area contributed by atoms with Crippen molar-refractivity contribution in [2.45, 2.75) is 32.7 Å². The van der Waals surface area contributed by atoms with Gasteiger partial charge in [0.2, 0.25) is 0 Å². The van der Waals surface area contributed by atoms with Crippen LogP contribution in [0.4, 0.5) is 0 Å². The van der Waals surface area contributed by atoms with Crippen molar-refractivity contribution in [1.29, 1.82) is 0 Å². The quantitative estimate of drug-likeness (QED) is 0.851. The first-order valence-electron chi connectivity index (χ1n) is 7.18. The molecule has 4 nitrogen and oxygen atoms in total. The minimum absolute atomic E-state index is 0.0154. The first-order valence-corrected chi connectivity index (χ1v) is 7.18. The van der Waals surface area contributed by atoms with Crippen LogP contribution >= 0.6 is 0 Å². The van der Waals surface area contributed by atoms with E-state index in [1.165, 1.54) is 0 Å². The minimum atomic E-state index is -0.206. The van der Waals surface area contributed by atoms with Crippen LogP contribution in [0.25, 0.3) is 11.0 Å². The zero-order chi connectivity index (χ0) is 14.5. The van der Waals surface area contributed by atoms with E-state index in [2.05, 4.69) is 19.2 Å². The molecule has 1 aromatic heterocycles. The molecule has 1 aromatic carbocycles. The summed E-state index contributed by atoms with van der Waals surface area (Å²) in [7, 11) is 0. The van der Waals surface area contributed by atoms with E-state index >= 15 is 0 Å². The van der Waals surface area contributed by atoms with Crippen LogP contribution in [0.3, 0.4) is 0 Å². The fourth-order valence-corrected chi connectivity index (χ4v) is 2.45. The van der Waals surface area contributed by atoms with Gasteiger partial charge in [-0.15, -0.1) is 0 Å². The largest absolute Gasteiger partial charge is 0.451 e. The second kappa shape index (κ2) is 6.57. The normalized spacial score (nSPS) is 12.8. The van der Waals surface area contributed by atoms with Crippen molar-refractivity contribution in [1.82, 2.24) is 5.32 Å². The number of amides is 1. The number of nitrogens with one attached hydrogen (secondary N) is 1. The lowest BCUT2D eigenvalue weighted by Crippen LogP contribution is -2.41. The van der Waals surface area contributed by atoms with Gasteiger partial charge >= 0.3 is 0 Å². The molecule has 2 aromatic rings. The highest BCUT2D eigenvalue weighted by Crippen LogP contribution is 2.18. The number of fused-ring (bicyclic) bond motifs is 1. The first kappa shape index (κ1) is 14.6. The second-order valence-corrected chi connectivity index (χ2v) is 5.10. The van der Waals surface area contributed by atoms with Gasteiger partial charge in [0, 0.05) is 18.0 Å². The molecule has 1 heterocycles. The molecule has 0 radical (unpaired) electrons. The van der Waals surface area contributed by atoms with Crippen molar-refractivity contribution in [3.63, 3.8) is 0 Å². The summed E-state index contributed by atoms with van der Waals surface area (Å²) in [5.41, 5.74) is 6.82. The van der Waals surface area contributed by atoms with Crippen LogP contribution in [0.2, 0.25) is 0 Å². The number of hydrogen-bond donors (Lipinski definition) is 2. The Bertz CT molecular complexity index is 540. The van der Waals surface area contributed by atoms with Crippen LogP contribution in [0.1, 0.15) is 37.2 Å². The number of hydrogen-bond acceptors (Lipinski definition) is 3. The standard InChI is InChI=1S/C16H22N2O2/c1-3-11(4-2)13(17)10-18-16(19)15-9-12-7-5-6-8-14(12)20-15/h5-9,11,13H,3-4,10,17H2,1-2H3,(H,18,19). The van der Waals surface area contributed by atoms with Gasteiger partial charge < -0.3 is 15.5 Å². The van der Waals surface area contributed by atoms with Gasteiger partial charge in [-0.05, 0) is 18.1 Å². The predicted octanol–water partition coefficient (Wildman–Crippen LogP) is 2.93. The molecule has 108 valence electrons. The van der Waals surface area contributed by atoms with Crippen molar-refractivity contribution in [3.05, 3.63) is 36.1 Å². The van der Waals surface area contributed by atoms with Gasteiger partial charge in [-0.1, -0.05) is 44.9 Å². The molecule has 0 saturated heterocycles. The topological polar surface area (TPSA) is 68.3 Å². The summed E-state index contributed by atoms with van der Waals surface area (Å²) in [6, 6.07) is 9.32. The first-order chi connectivity index (χ1) is 9.65. The fourth-order valence-electron chi connectivity index (χ4n) is 2.45. The monoisotopic (exact) mass is 274 g/mol. The van der Waals surface area contributed by atoms with Crippen LogP contribution < -0.4 is 11.1 Å². The van der Waals surface area contributed by atoms with Gasteiger partial charge in [-0.2, -0.15) is 0 Å². The SMILES string of the molecule is CCC(CC)C(N)CNC(=O)c1cc2ccccc2o1.